The van der Waals surface area contributed by atoms with E-state index >= 15 is 0 Å². The van der Waals surface area contributed by atoms with Gasteiger partial charge in [0.2, 0.25) is 0 Å². The number of aliphatic hydroxyl groups excluding tert-OH is 5. The molecule has 0 radical (unpaired) electrons. The molecule has 3 fully saturated rings. The molecule has 3 aliphatic rings. The summed E-state index contributed by atoms with van der Waals surface area (Å²) in [6.07, 6.45) is -12.4. The van der Waals surface area contributed by atoms with Gasteiger partial charge in [-0.05, 0) is 19.4 Å². The van der Waals surface area contributed by atoms with Gasteiger partial charge in [-0.1, -0.05) is 5.11 Å². The highest BCUT2D eigenvalue weighted by molar-refractivity contribution is 4.98. The summed E-state index contributed by atoms with van der Waals surface area (Å²) in [5, 5.41) is 53.4. The molecule has 0 saturated carbocycles. The quantitative estimate of drug-likeness (QED) is 0.188. The summed E-state index contributed by atoms with van der Waals surface area (Å²) in [6.45, 7) is 2.23. The fraction of sp³-hybridized carbons (Fsp3) is 1.00. The third-order valence-electron chi connectivity index (χ3n) is 4.93. The largest absolute Gasteiger partial charge is 0.394 e. The molecule has 160 valence electrons. The lowest BCUT2D eigenvalue weighted by atomic mass is 9.96. The first-order valence-corrected chi connectivity index (χ1v) is 8.84. The molecule has 28 heavy (non-hydrogen) atoms. The van der Waals surface area contributed by atoms with Gasteiger partial charge in [-0.25, -0.2) is 0 Å². The van der Waals surface area contributed by atoms with Crippen LogP contribution in [0.3, 0.4) is 0 Å². The summed E-state index contributed by atoms with van der Waals surface area (Å²) >= 11 is 0. The van der Waals surface area contributed by atoms with Crippen LogP contribution in [-0.2, 0) is 23.7 Å². The minimum absolute atomic E-state index is 0.443. The first-order valence-electron chi connectivity index (χ1n) is 8.84. The van der Waals surface area contributed by atoms with E-state index in [1.807, 2.05) is 0 Å². The molecule has 5 N–H and O–H groups in total. The molecule has 0 amide bonds. The van der Waals surface area contributed by atoms with Crippen molar-refractivity contribution in [2.24, 2.45) is 5.11 Å². The molecule has 3 aliphatic heterocycles. The van der Waals surface area contributed by atoms with E-state index in [9.17, 15) is 25.5 Å². The normalized spacial score (nSPS) is 48.0. The Morgan fingerprint density at radius 2 is 1.61 bits per heavy atom. The van der Waals surface area contributed by atoms with Crippen molar-refractivity contribution in [2.45, 2.75) is 81.0 Å². The maximum Gasteiger partial charge on any atom is 0.187 e. The van der Waals surface area contributed by atoms with Gasteiger partial charge in [0.05, 0.1) is 13.2 Å². The van der Waals surface area contributed by atoms with Crippen LogP contribution < -0.4 is 0 Å². The maximum atomic E-state index is 10.6. The predicted octanol–water partition coefficient (Wildman–Crippen LogP) is -2.28. The Kier molecular flexibility index (Phi) is 6.44. The summed E-state index contributed by atoms with van der Waals surface area (Å²) in [7, 11) is 0. The number of hydrogen-bond donors (Lipinski definition) is 5. The lowest BCUT2D eigenvalue weighted by Crippen LogP contribution is -2.63. The monoisotopic (exact) mass is 407 g/mol. The summed E-state index contributed by atoms with van der Waals surface area (Å²) in [4.78, 5) is 2.52. The molecule has 0 aromatic rings. The van der Waals surface area contributed by atoms with Crippen molar-refractivity contribution in [3.8, 4) is 0 Å². The number of hydrogen-bond acceptors (Lipinski definition) is 11. The molecule has 3 saturated heterocycles. The minimum Gasteiger partial charge on any atom is -0.394 e. The summed E-state index contributed by atoms with van der Waals surface area (Å²) in [5.74, 6) is -1.01. The van der Waals surface area contributed by atoms with E-state index in [2.05, 4.69) is 10.0 Å². The fourth-order valence-corrected chi connectivity index (χ4v) is 3.65. The van der Waals surface area contributed by atoms with E-state index in [0.29, 0.717) is 0 Å². The van der Waals surface area contributed by atoms with E-state index in [1.165, 1.54) is 0 Å². The average molecular weight is 407 g/mol. The van der Waals surface area contributed by atoms with Gasteiger partial charge in [-0.3, -0.25) is 0 Å². The lowest BCUT2D eigenvalue weighted by Gasteiger charge is -2.45. The Bertz CT molecular complexity index is 601. The van der Waals surface area contributed by atoms with Crippen LogP contribution in [0.2, 0.25) is 0 Å². The molecule has 3 rings (SSSR count). The van der Waals surface area contributed by atoms with Crippen LogP contribution in [0.4, 0.5) is 0 Å². The third kappa shape index (κ3) is 3.97. The smallest absolute Gasteiger partial charge is 0.187 e. The minimum atomic E-state index is -1.63. The second-order valence-corrected chi connectivity index (χ2v) is 7.32. The highest BCUT2D eigenvalue weighted by atomic mass is 16.8. The molecular formula is C15H25N3O10. The molecule has 13 nitrogen and oxygen atoms in total. The number of aliphatic hydroxyl groups is 5. The topological polar surface area (TPSA) is 196 Å². The van der Waals surface area contributed by atoms with E-state index in [0.717, 1.165) is 0 Å². The highest BCUT2D eigenvalue weighted by Gasteiger charge is 2.56. The van der Waals surface area contributed by atoms with Crippen molar-refractivity contribution >= 4 is 0 Å². The second kappa shape index (κ2) is 8.34. The number of ether oxygens (including phenoxy) is 5. The van der Waals surface area contributed by atoms with Crippen molar-refractivity contribution < 1.29 is 49.2 Å². The zero-order chi connectivity index (χ0) is 20.6. The Hall–Kier alpha value is -1.09. The third-order valence-corrected chi connectivity index (χ3v) is 4.93. The van der Waals surface area contributed by atoms with Crippen LogP contribution in [0.15, 0.2) is 5.11 Å². The van der Waals surface area contributed by atoms with Crippen molar-refractivity contribution in [2.75, 3.05) is 13.2 Å². The van der Waals surface area contributed by atoms with Gasteiger partial charge in [0.25, 0.3) is 0 Å². The first-order chi connectivity index (χ1) is 13.2. The average Bonchev–Trinajstić information content (AvgIpc) is 2.99. The molecule has 0 aromatic heterocycles. The van der Waals surface area contributed by atoms with Crippen LogP contribution >= 0.6 is 0 Å². The van der Waals surface area contributed by atoms with Crippen LogP contribution in [0.5, 0.6) is 0 Å². The molecule has 13 heteroatoms. The van der Waals surface area contributed by atoms with Gasteiger partial charge in [0.15, 0.2) is 18.3 Å². The Balaban J connectivity index is 1.77. The number of nitrogens with zero attached hydrogens (tertiary/aromatic N) is 3. The molecule has 3 heterocycles. The summed E-state index contributed by atoms with van der Waals surface area (Å²) in [5.41, 5.74) is 8.52. The zero-order valence-electron chi connectivity index (χ0n) is 15.3. The molecule has 0 bridgehead atoms. The van der Waals surface area contributed by atoms with E-state index in [-0.39, 0.29) is 0 Å². The van der Waals surface area contributed by atoms with Gasteiger partial charge >= 0.3 is 0 Å². The molecular weight excluding hydrogens is 382 g/mol. The van der Waals surface area contributed by atoms with Crippen LogP contribution in [0.1, 0.15) is 13.8 Å². The fourth-order valence-electron chi connectivity index (χ4n) is 3.65. The van der Waals surface area contributed by atoms with Gasteiger partial charge in [0.1, 0.15) is 48.8 Å². The molecule has 0 aromatic carbocycles. The molecule has 0 unspecified atom stereocenters. The van der Waals surface area contributed by atoms with Gasteiger partial charge in [-0.2, -0.15) is 0 Å². The predicted molar refractivity (Wildman–Crippen MR) is 87.4 cm³/mol. The zero-order valence-corrected chi connectivity index (χ0v) is 15.3. The lowest BCUT2D eigenvalue weighted by molar-refractivity contribution is -0.331. The summed E-state index contributed by atoms with van der Waals surface area (Å²) < 4.78 is 27.8. The molecule has 0 aliphatic carbocycles. The van der Waals surface area contributed by atoms with Gasteiger partial charge < -0.3 is 49.2 Å². The van der Waals surface area contributed by atoms with E-state index < -0.39 is 80.4 Å². The second-order valence-electron chi connectivity index (χ2n) is 7.32. The Morgan fingerprint density at radius 1 is 0.964 bits per heavy atom. The SMILES string of the molecule is CC1(C)O[C@@H]2[C@@H](O)[C@H](O[C@H]3[C@H](O)[C@@H](O)[C@H](N=[N+]=[N-])O[C@@H]3CO)O[C@H](CO)[C@@H]2O1. The van der Waals surface area contributed by atoms with Gasteiger partial charge in [0, 0.05) is 4.91 Å². The van der Waals surface area contributed by atoms with Crippen LogP contribution in [0, 0.1) is 0 Å². The Morgan fingerprint density at radius 3 is 2.21 bits per heavy atom. The molecule has 10 atom stereocenters. The molecule has 0 spiro atoms. The Labute approximate surface area is 160 Å². The maximum absolute atomic E-state index is 10.6. The first kappa shape index (κ1) is 21.6. The van der Waals surface area contributed by atoms with Crippen LogP contribution in [-0.4, -0.2) is 106 Å². The highest BCUT2D eigenvalue weighted by Crippen LogP contribution is 2.38. The van der Waals surface area contributed by atoms with Gasteiger partial charge in [-0.15, -0.1) is 0 Å². The number of fused-ring (bicyclic) bond motifs is 1. The van der Waals surface area contributed by atoms with Crippen molar-refractivity contribution in [3.63, 3.8) is 0 Å². The van der Waals surface area contributed by atoms with Crippen molar-refractivity contribution in [1.29, 1.82) is 0 Å². The van der Waals surface area contributed by atoms with Crippen molar-refractivity contribution in [1.82, 2.24) is 0 Å². The number of rotatable bonds is 5. The van der Waals surface area contributed by atoms with Crippen molar-refractivity contribution in [3.05, 3.63) is 10.4 Å². The standard InChI is InChI=1S/C15H25N3O10/c1-15(2)27-11-6(4-20)25-14(9(23)12(11)28-15)26-10-5(3-19)24-13(17-18-16)8(22)7(10)21/h5-14,19-23H,3-4H2,1-2H3/t5-,6-,7-,8-,9-,10-,11+,12-,13-,14+/m1/s1. The number of azide groups is 1. The summed E-state index contributed by atoms with van der Waals surface area (Å²) in [6, 6.07) is 0. The van der Waals surface area contributed by atoms with E-state index in [1.54, 1.807) is 13.8 Å². The van der Waals surface area contributed by atoms with E-state index in [4.69, 9.17) is 29.2 Å². The van der Waals surface area contributed by atoms with Crippen LogP contribution in [0.25, 0.3) is 10.4 Å².